The Labute approximate surface area is 70.3 Å². The van der Waals surface area contributed by atoms with Crippen LogP contribution in [0.3, 0.4) is 0 Å². The van der Waals surface area contributed by atoms with Crippen molar-refractivity contribution >= 4 is 35.0 Å². The Hall–Kier alpha value is 0.890. The summed E-state index contributed by atoms with van der Waals surface area (Å²) in [6.07, 6.45) is 2.74. The fraction of sp³-hybridized carbons (Fsp3) is 1.00. The topological polar surface area (TPSA) is 26.0 Å². The van der Waals surface area contributed by atoms with Gasteiger partial charge in [-0.2, -0.15) is 0 Å². The number of rotatable bonds is 4. The molecule has 0 aliphatic rings. The van der Waals surface area contributed by atoms with E-state index < -0.39 is 0 Å². The summed E-state index contributed by atoms with van der Waals surface area (Å²) < 4.78 is 0.110. The summed E-state index contributed by atoms with van der Waals surface area (Å²) >= 11 is 12.8. The van der Waals surface area contributed by atoms with Crippen molar-refractivity contribution in [2.24, 2.45) is 5.73 Å². The lowest BCUT2D eigenvalue weighted by Crippen LogP contribution is -2.24. The van der Waals surface area contributed by atoms with E-state index in [1.54, 1.807) is 11.8 Å². The van der Waals surface area contributed by atoms with Crippen LogP contribution in [0.15, 0.2) is 0 Å². The number of halogens is 2. The highest BCUT2D eigenvalue weighted by atomic mass is 35.5. The van der Waals surface area contributed by atoms with E-state index in [0.29, 0.717) is 5.88 Å². The quantitative estimate of drug-likeness (QED) is 0.681. The molecule has 2 unspecified atom stereocenters. The minimum Gasteiger partial charge on any atom is -0.327 e. The van der Waals surface area contributed by atoms with E-state index in [4.69, 9.17) is 28.9 Å². The third kappa shape index (κ3) is 5.34. The van der Waals surface area contributed by atoms with E-state index >= 15 is 0 Å². The highest BCUT2D eigenvalue weighted by Gasteiger charge is 2.07. The lowest BCUT2D eigenvalue weighted by molar-refractivity contribution is 0.710. The Morgan fingerprint density at radius 2 is 2.22 bits per heavy atom. The predicted molar refractivity (Wildman–Crippen MR) is 46.5 cm³/mol. The Balaban J connectivity index is 3.22. The van der Waals surface area contributed by atoms with Gasteiger partial charge < -0.3 is 5.73 Å². The van der Waals surface area contributed by atoms with E-state index in [-0.39, 0.29) is 10.8 Å². The lowest BCUT2D eigenvalue weighted by Gasteiger charge is -2.09. The van der Waals surface area contributed by atoms with Gasteiger partial charge in [-0.3, -0.25) is 0 Å². The van der Waals surface area contributed by atoms with Crippen molar-refractivity contribution in [3.8, 4) is 0 Å². The molecule has 0 saturated heterocycles. The van der Waals surface area contributed by atoms with Crippen LogP contribution in [-0.2, 0) is 0 Å². The molecule has 0 rings (SSSR count). The second kappa shape index (κ2) is 5.66. The van der Waals surface area contributed by atoms with Gasteiger partial charge in [0.1, 0.15) is 0 Å². The van der Waals surface area contributed by atoms with Crippen molar-refractivity contribution < 1.29 is 0 Å². The standard InChI is InChI=1S/C5H11Cl2NS/c1-9-5(7)2-4(8)3-6/h4-5H,2-3,8H2,1H3. The Bertz CT molecular complexity index is 64.0. The van der Waals surface area contributed by atoms with Crippen LogP contribution < -0.4 is 5.73 Å². The van der Waals surface area contributed by atoms with Crippen LogP contribution in [-0.4, -0.2) is 22.9 Å². The van der Waals surface area contributed by atoms with Gasteiger partial charge in [-0.1, -0.05) is 0 Å². The number of alkyl halides is 2. The maximum atomic E-state index is 5.76. The molecule has 0 spiro atoms. The molecule has 0 bridgehead atoms. The predicted octanol–water partition coefficient (Wildman–Crippen LogP) is 1.87. The van der Waals surface area contributed by atoms with Gasteiger partial charge in [0.15, 0.2) is 0 Å². The van der Waals surface area contributed by atoms with E-state index in [0.717, 1.165) is 6.42 Å². The Kier molecular flexibility index (Phi) is 6.22. The molecule has 0 amide bonds. The molecular formula is C5H11Cl2NS. The maximum Gasteiger partial charge on any atom is 0.0801 e. The highest BCUT2D eigenvalue weighted by molar-refractivity contribution is 8.00. The number of hydrogen-bond acceptors (Lipinski definition) is 2. The second-order valence-corrected chi connectivity index (χ2v) is 3.93. The van der Waals surface area contributed by atoms with Gasteiger partial charge in [0, 0.05) is 11.9 Å². The largest absolute Gasteiger partial charge is 0.327 e. The molecule has 0 fully saturated rings. The first-order chi connectivity index (χ1) is 4.20. The molecule has 0 aliphatic heterocycles. The monoisotopic (exact) mass is 187 g/mol. The van der Waals surface area contributed by atoms with E-state index in [9.17, 15) is 0 Å². The van der Waals surface area contributed by atoms with Gasteiger partial charge in [-0.25, -0.2) is 0 Å². The van der Waals surface area contributed by atoms with E-state index in [1.807, 2.05) is 6.26 Å². The third-order valence-electron chi connectivity index (χ3n) is 0.942. The number of hydrogen-bond donors (Lipinski definition) is 1. The molecule has 0 heterocycles. The first-order valence-electron chi connectivity index (χ1n) is 2.69. The second-order valence-electron chi connectivity index (χ2n) is 1.80. The minimum absolute atomic E-state index is 0.0432. The summed E-state index contributed by atoms with van der Waals surface area (Å²) in [5, 5.41) is 0. The molecule has 0 aliphatic carbocycles. The van der Waals surface area contributed by atoms with Gasteiger partial charge in [-0.05, 0) is 12.7 Å². The number of thioether (sulfide) groups is 1. The van der Waals surface area contributed by atoms with Crippen molar-refractivity contribution in [3.05, 3.63) is 0 Å². The van der Waals surface area contributed by atoms with Crippen LogP contribution in [0.1, 0.15) is 6.42 Å². The summed E-state index contributed by atoms with van der Waals surface area (Å²) in [6, 6.07) is 0.0432. The fourth-order valence-corrected chi connectivity index (χ4v) is 1.19. The van der Waals surface area contributed by atoms with Crippen molar-refractivity contribution in [3.63, 3.8) is 0 Å². The van der Waals surface area contributed by atoms with Crippen LogP contribution in [0.5, 0.6) is 0 Å². The summed E-state index contributed by atoms with van der Waals surface area (Å²) in [5.74, 6) is 0.490. The average Bonchev–Trinajstić information content (AvgIpc) is 1.87. The summed E-state index contributed by atoms with van der Waals surface area (Å²) in [6.45, 7) is 0. The number of nitrogens with two attached hydrogens (primary N) is 1. The minimum atomic E-state index is 0.0432. The third-order valence-corrected chi connectivity index (χ3v) is 2.76. The van der Waals surface area contributed by atoms with Crippen molar-refractivity contribution in [2.75, 3.05) is 12.1 Å². The maximum absolute atomic E-state index is 5.76. The zero-order chi connectivity index (χ0) is 7.28. The molecule has 9 heavy (non-hydrogen) atoms. The SMILES string of the molecule is CSC(Cl)CC(N)CCl. The molecule has 0 radical (unpaired) electrons. The van der Waals surface area contributed by atoms with E-state index in [2.05, 4.69) is 0 Å². The first kappa shape index (κ1) is 9.89. The Morgan fingerprint density at radius 1 is 1.67 bits per heavy atom. The molecule has 0 aromatic carbocycles. The molecule has 0 aromatic heterocycles. The van der Waals surface area contributed by atoms with Gasteiger partial charge >= 0.3 is 0 Å². The van der Waals surface area contributed by atoms with Gasteiger partial charge in [-0.15, -0.1) is 35.0 Å². The lowest BCUT2D eigenvalue weighted by atomic mass is 10.3. The van der Waals surface area contributed by atoms with Crippen molar-refractivity contribution in [1.82, 2.24) is 0 Å². The van der Waals surface area contributed by atoms with Gasteiger partial charge in [0.2, 0.25) is 0 Å². The summed E-state index contributed by atoms with van der Waals surface area (Å²) in [7, 11) is 0. The zero-order valence-electron chi connectivity index (χ0n) is 5.31. The molecule has 2 N–H and O–H groups in total. The summed E-state index contributed by atoms with van der Waals surface area (Å²) in [4.78, 5) is 0. The zero-order valence-corrected chi connectivity index (χ0v) is 7.64. The van der Waals surface area contributed by atoms with Crippen LogP contribution in [0, 0.1) is 0 Å². The normalized spacial score (nSPS) is 17.3. The highest BCUT2D eigenvalue weighted by Crippen LogP contribution is 2.16. The van der Waals surface area contributed by atoms with Crippen LogP contribution in [0.4, 0.5) is 0 Å². The van der Waals surface area contributed by atoms with Gasteiger partial charge in [0.05, 0.1) is 4.71 Å². The molecule has 0 aromatic rings. The average molecular weight is 188 g/mol. The molecule has 1 nitrogen and oxygen atoms in total. The molecule has 0 saturated carbocycles. The molecule has 4 heteroatoms. The smallest absolute Gasteiger partial charge is 0.0801 e. The van der Waals surface area contributed by atoms with Gasteiger partial charge in [0.25, 0.3) is 0 Å². The Morgan fingerprint density at radius 3 is 2.56 bits per heavy atom. The summed E-state index contributed by atoms with van der Waals surface area (Å²) in [5.41, 5.74) is 5.52. The van der Waals surface area contributed by atoms with Crippen molar-refractivity contribution in [1.29, 1.82) is 0 Å². The van der Waals surface area contributed by atoms with Crippen molar-refractivity contribution in [2.45, 2.75) is 17.2 Å². The molecular weight excluding hydrogens is 177 g/mol. The fourth-order valence-electron chi connectivity index (χ4n) is 0.397. The molecule has 2 atom stereocenters. The van der Waals surface area contributed by atoms with Crippen LogP contribution in [0.25, 0.3) is 0 Å². The van der Waals surface area contributed by atoms with Crippen LogP contribution >= 0.6 is 35.0 Å². The van der Waals surface area contributed by atoms with Crippen LogP contribution in [0.2, 0.25) is 0 Å². The first-order valence-corrected chi connectivity index (χ1v) is 4.95. The molecule has 56 valence electrons. The van der Waals surface area contributed by atoms with E-state index in [1.165, 1.54) is 0 Å².